The molecule has 7 nitrogen and oxygen atoms in total. The van der Waals surface area contributed by atoms with E-state index in [9.17, 15) is 5.11 Å². The van der Waals surface area contributed by atoms with Crippen molar-refractivity contribution in [2.75, 3.05) is 44.6 Å². The van der Waals surface area contributed by atoms with Gasteiger partial charge in [0.15, 0.2) is 0 Å². The number of anilines is 1. The zero-order chi connectivity index (χ0) is 22.8. The highest BCUT2D eigenvalue weighted by atomic mass is 16.3. The summed E-state index contributed by atoms with van der Waals surface area (Å²) < 4.78 is 6.34. The molecule has 1 aliphatic heterocycles. The van der Waals surface area contributed by atoms with Gasteiger partial charge < -0.3 is 20.2 Å². The second kappa shape index (κ2) is 9.21. The van der Waals surface area contributed by atoms with E-state index in [1.165, 1.54) is 0 Å². The standard InChI is InChI=1S/C26H29N5O2/c1-17-14-20(15-18(2)23(17)32)24-21(19-6-4-3-5-7-19)22-25(29-16-30-26(22)33-24)28-10-13-31-11-8-27-9-12-31/h3-7,14-16,27,32H,8-13H2,1-2H3,(H,28,29,30). The van der Waals surface area contributed by atoms with E-state index in [2.05, 4.69) is 37.6 Å². The monoisotopic (exact) mass is 443 g/mol. The fraction of sp³-hybridized carbons (Fsp3) is 0.308. The number of nitrogens with zero attached hydrogens (tertiary/aromatic N) is 3. The molecule has 4 aromatic rings. The largest absolute Gasteiger partial charge is 0.507 e. The molecule has 0 saturated carbocycles. The highest BCUT2D eigenvalue weighted by Crippen LogP contribution is 2.43. The molecule has 170 valence electrons. The van der Waals surface area contributed by atoms with Gasteiger partial charge in [-0.2, -0.15) is 0 Å². The van der Waals surface area contributed by atoms with Crippen LogP contribution in [0.25, 0.3) is 33.6 Å². The van der Waals surface area contributed by atoms with Gasteiger partial charge in [-0.3, -0.25) is 4.90 Å². The summed E-state index contributed by atoms with van der Waals surface area (Å²) in [5.74, 6) is 1.82. The van der Waals surface area contributed by atoms with Gasteiger partial charge in [-0.1, -0.05) is 30.3 Å². The number of piperazine rings is 1. The first kappa shape index (κ1) is 21.4. The summed E-state index contributed by atoms with van der Waals surface area (Å²) in [5.41, 5.74) is 5.07. The number of benzene rings is 2. The number of phenolic OH excluding ortho intramolecular Hbond substituents is 1. The molecule has 33 heavy (non-hydrogen) atoms. The van der Waals surface area contributed by atoms with Crippen LogP contribution in [0.5, 0.6) is 5.75 Å². The topological polar surface area (TPSA) is 86.5 Å². The summed E-state index contributed by atoms with van der Waals surface area (Å²) in [5, 5.41) is 18.1. The quantitative estimate of drug-likeness (QED) is 0.412. The number of aromatic hydroxyl groups is 1. The molecule has 2 aromatic heterocycles. The Balaban J connectivity index is 1.59. The van der Waals surface area contributed by atoms with Crippen molar-refractivity contribution >= 4 is 16.9 Å². The first-order valence-electron chi connectivity index (χ1n) is 11.4. The van der Waals surface area contributed by atoms with Crippen molar-refractivity contribution in [3.05, 3.63) is 59.9 Å². The fourth-order valence-electron chi connectivity index (χ4n) is 4.51. The lowest BCUT2D eigenvalue weighted by atomic mass is 9.97. The predicted octanol–water partition coefficient (Wildman–Crippen LogP) is 4.20. The number of phenols is 1. The summed E-state index contributed by atoms with van der Waals surface area (Å²) in [4.78, 5) is 11.5. The summed E-state index contributed by atoms with van der Waals surface area (Å²) in [6.45, 7) is 9.74. The van der Waals surface area contributed by atoms with Gasteiger partial charge in [-0.15, -0.1) is 0 Å². The number of aromatic nitrogens is 2. The first-order valence-corrected chi connectivity index (χ1v) is 11.4. The van der Waals surface area contributed by atoms with Crippen LogP contribution in [-0.2, 0) is 0 Å². The summed E-state index contributed by atoms with van der Waals surface area (Å²) in [6.07, 6.45) is 1.55. The van der Waals surface area contributed by atoms with Crippen molar-refractivity contribution in [2.45, 2.75) is 13.8 Å². The van der Waals surface area contributed by atoms with Crippen LogP contribution in [-0.4, -0.2) is 59.2 Å². The number of hydrogen-bond donors (Lipinski definition) is 3. The third kappa shape index (κ3) is 4.29. The maximum atomic E-state index is 10.3. The van der Waals surface area contributed by atoms with E-state index in [1.54, 1.807) is 6.33 Å². The summed E-state index contributed by atoms with van der Waals surface area (Å²) in [6, 6.07) is 14.1. The van der Waals surface area contributed by atoms with Gasteiger partial charge in [-0.25, -0.2) is 9.97 Å². The zero-order valence-electron chi connectivity index (χ0n) is 19.1. The molecule has 5 rings (SSSR count). The van der Waals surface area contributed by atoms with Crippen LogP contribution < -0.4 is 10.6 Å². The molecule has 0 amide bonds. The zero-order valence-corrected chi connectivity index (χ0v) is 19.1. The molecule has 0 unspecified atom stereocenters. The van der Waals surface area contributed by atoms with Crippen LogP contribution in [0.15, 0.2) is 53.2 Å². The Bertz CT molecular complexity index is 1240. The van der Waals surface area contributed by atoms with E-state index in [0.717, 1.165) is 84.1 Å². The number of nitrogens with one attached hydrogen (secondary N) is 2. The average molecular weight is 444 g/mol. The summed E-state index contributed by atoms with van der Waals surface area (Å²) in [7, 11) is 0. The Labute approximate surface area is 193 Å². The van der Waals surface area contributed by atoms with Crippen LogP contribution in [0, 0.1) is 13.8 Å². The second-order valence-electron chi connectivity index (χ2n) is 8.55. The molecule has 3 heterocycles. The predicted molar refractivity (Wildman–Crippen MR) is 132 cm³/mol. The molecule has 0 radical (unpaired) electrons. The summed E-state index contributed by atoms with van der Waals surface area (Å²) >= 11 is 0. The molecule has 7 heteroatoms. The van der Waals surface area contributed by atoms with Crippen LogP contribution >= 0.6 is 0 Å². The van der Waals surface area contributed by atoms with Crippen molar-refractivity contribution in [1.82, 2.24) is 20.2 Å². The molecule has 0 atom stereocenters. The van der Waals surface area contributed by atoms with E-state index in [-0.39, 0.29) is 0 Å². The van der Waals surface area contributed by atoms with E-state index in [4.69, 9.17) is 4.42 Å². The van der Waals surface area contributed by atoms with Crippen molar-refractivity contribution in [1.29, 1.82) is 0 Å². The second-order valence-corrected chi connectivity index (χ2v) is 8.55. The average Bonchev–Trinajstić information content (AvgIpc) is 3.24. The van der Waals surface area contributed by atoms with Crippen LogP contribution in [0.1, 0.15) is 11.1 Å². The van der Waals surface area contributed by atoms with Crippen molar-refractivity contribution in [3.63, 3.8) is 0 Å². The molecule has 3 N–H and O–H groups in total. The first-order chi connectivity index (χ1) is 16.1. The van der Waals surface area contributed by atoms with Gasteiger partial charge >= 0.3 is 0 Å². The van der Waals surface area contributed by atoms with E-state index >= 15 is 0 Å². The van der Waals surface area contributed by atoms with Gasteiger partial charge in [0.1, 0.15) is 23.7 Å². The minimum absolute atomic E-state index is 0.311. The van der Waals surface area contributed by atoms with Gasteiger partial charge in [0.05, 0.1) is 5.39 Å². The molecular weight excluding hydrogens is 414 g/mol. The number of hydrogen-bond acceptors (Lipinski definition) is 7. The molecule has 0 aliphatic carbocycles. The molecule has 1 fully saturated rings. The Morgan fingerprint density at radius 1 is 1.03 bits per heavy atom. The van der Waals surface area contributed by atoms with E-state index in [1.807, 2.05) is 44.2 Å². The van der Waals surface area contributed by atoms with E-state index < -0.39 is 0 Å². The van der Waals surface area contributed by atoms with Gasteiger partial charge in [0.25, 0.3) is 0 Å². The fourth-order valence-corrected chi connectivity index (χ4v) is 4.51. The highest BCUT2D eigenvalue weighted by molar-refractivity contribution is 6.05. The molecule has 1 aliphatic rings. The SMILES string of the molecule is Cc1cc(-c2oc3ncnc(NCCN4CCNCC4)c3c2-c2ccccc2)cc(C)c1O. The third-order valence-electron chi connectivity index (χ3n) is 6.23. The lowest BCUT2D eigenvalue weighted by molar-refractivity contribution is 0.249. The molecule has 0 spiro atoms. The van der Waals surface area contributed by atoms with Crippen LogP contribution in [0.4, 0.5) is 5.82 Å². The molecular formula is C26H29N5O2. The van der Waals surface area contributed by atoms with Gasteiger partial charge in [-0.05, 0) is 42.7 Å². The van der Waals surface area contributed by atoms with Gasteiger partial charge in [0.2, 0.25) is 5.71 Å². The van der Waals surface area contributed by atoms with Crippen LogP contribution in [0.2, 0.25) is 0 Å². The lowest BCUT2D eigenvalue weighted by Gasteiger charge is -2.27. The Kier molecular flexibility index (Phi) is 5.98. The van der Waals surface area contributed by atoms with E-state index in [0.29, 0.717) is 11.5 Å². The number of aryl methyl sites for hydroxylation is 2. The third-order valence-corrected chi connectivity index (χ3v) is 6.23. The minimum atomic E-state index is 0.311. The van der Waals surface area contributed by atoms with Gasteiger partial charge in [0, 0.05) is 50.4 Å². The molecule has 2 aromatic carbocycles. The highest BCUT2D eigenvalue weighted by Gasteiger charge is 2.23. The number of fused-ring (bicyclic) bond motifs is 1. The van der Waals surface area contributed by atoms with Crippen molar-refractivity contribution in [3.8, 4) is 28.2 Å². The van der Waals surface area contributed by atoms with Crippen molar-refractivity contribution in [2.24, 2.45) is 0 Å². The maximum Gasteiger partial charge on any atom is 0.232 e. The number of rotatable bonds is 6. The Hall–Kier alpha value is -3.42. The minimum Gasteiger partial charge on any atom is -0.507 e. The lowest BCUT2D eigenvalue weighted by Crippen LogP contribution is -2.45. The normalized spacial score (nSPS) is 14.6. The van der Waals surface area contributed by atoms with Crippen LogP contribution in [0.3, 0.4) is 0 Å². The Morgan fingerprint density at radius 2 is 1.76 bits per heavy atom. The van der Waals surface area contributed by atoms with Crippen molar-refractivity contribution < 1.29 is 9.52 Å². The molecule has 1 saturated heterocycles. The smallest absolute Gasteiger partial charge is 0.232 e. The molecule has 0 bridgehead atoms. The number of furan rings is 1. The Morgan fingerprint density at radius 3 is 2.48 bits per heavy atom. The maximum absolute atomic E-state index is 10.3.